The number of fused-ring (bicyclic) bond motifs is 1. The van der Waals surface area contributed by atoms with Gasteiger partial charge in [0, 0.05) is 19.4 Å². The van der Waals surface area contributed by atoms with Gasteiger partial charge in [-0.3, -0.25) is 4.79 Å². The molecule has 1 aromatic heterocycles. The molecule has 2 heterocycles. The first kappa shape index (κ1) is 13.8. The highest BCUT2D eigenvalue weighted by Gasteiger charge is 2.12. The van der Waals surface area contributed by atoms with Crippen molar-refractivity contribution in [2.45, 2.75) is 32.4 Å². The van der Waals surface area contributed by atoms with Gasteiger partial charge < -0.3 is 10.5 Å². The van der Waals surface area contributed by atoms with Crippen LogP contribution in [0.15, 0.2) is 24.4 Å². The lowest BCUT2D eigenvalue weighted by atomic mass is 10.0. The topological polar surface area (TPSA) is 83.0 Å². The lowest BCUT2D eigenvalue weighted by Crippen LogP contribution is -2.11. The van der Waals surface area contributed by atoms with E-state index in [1.165, 1.54) is 11.1 Å². The monoisotopic (exact) mass is 286 g/mol. The van der Waals surface area contributed by atoms with Crippen molar-refractivity contribution >= 4 is 5.78 Å². The molecule has 0 saturated heterocycles. The summed E-state index contributed by atoms with van der Waals surface area (Å²) in [6.07, 6.45) is 3.91. The van der Waals surface area contributed by atoms with Crippen LogP contribution in [0.5, 0.6) is 5.75 Å². The van der Waals surface area contributed by atoms with E-state index in [0.29, 0.717) is 18.7 Å². The maximum atomic E-state index is 12.0. The third kappa shape index (κ3) is 3.28. The zero-order valence-corrected chi connectivity index (χ0v) is 11.8. The van der Waals surface area contributed by atoms with Crippen LogP contribution in [0.3, 0.4) is 0 Å². The second kappa shape index (κ2) is 6.05. The second-order valence-corrected chi connectivity index (χ2v) is 5.19. The van der Waals surface area contributed by atoms with Crippen LogP contribution in [0.4, 0.5) is 0 Å². The number of rotatable bonds is 6. The smallest absolute Gasteiger partial charge is 0.154 e. The molecule has 0 atom stereocenters. The first-order valence-electron chi connectivity index (χ1n) is 7.10. The van der Waals surface area contributed by atoms with Crippen LogP contribution in [0, 0.1) is 0 Å². The van der Waals surface area contributed by atoms with Gasteiger partial charge in [-0.2, -0.15) is 0 Å². The number of ketones is 1. The molecule has 6 heteroatoms. The Morgan fingerprint density at radius 2 is 2.33 bits per heavy atom. The summed E-state index contributed by atoms with van der Waals surface area (Å²) in [5.74, 6) is 1.11. The normalized spacial score (nSPS) is 13.0. The van der Waals surface area contributed by atoms with Gasteiger partial charge in [0.15, 0.2) is 5.78 Å². The van der Waals surface area contributed by atoms with Crippen molar-refractivity contribution in [1.29, 1.82) is 0 Å². The predicted molar refractivity (Wildman–Crippen MR) is 76.9 cm³/mol. The van der Waals surface area contributed by atoms with Gasteiger partial charge in [0.2, 0.25) is 0 Å². The van der Waals surface area contributed by atoms with E-state index in [1.54, 1.807) is 10.9 Å². The number of carbonyl (C=O) groups excluding carboxylic acids is 1. The molecule has 0 aliphatic carbocycles. The van der Waals surface area contributed by atoms with Gasteiger partial charge in [-0.1, -0.05) is 17.3 Å². The van der Waals surface area contributed by atoms with Crippen LogP contribution in [0.25, 0.3) is 0 Å². The second-order valence-electron chi connectivity index (χ2n) is 5.19. The van der Waals surface area contributed by atoms with Crippen LogP contribution in [-0.2, 0) is 30.7 Å². The predicted octanol–water partition coefficient (Wildman–Crippen LogP) is 0.874. The first-order chi connectivity index (χ1) is 10.2. The number of Topliss-reactive ketones (excluding diaryl/α,β-unsaturated/α-hetero) is 1. The Labute approximate surface area is 122 Å². The van der Waals surface area contributed by atoms with Crippen molar-refractivity contribution in [3.63, 3.8) is 0 Å². The number of hydrogen-bond acceptors (Lipinski definition) is 5. The SMILES string of the molecule is NCc1cn(CC(=O)CCc2ccc3c(c2)CCO3)nn1. The molecule has 1 aliphatic rings. The Balaban J connectivity index is 1.53. The summed E-state index contributed by atoms with van der Waals surface area (Å²) in [6, 6.07) is 6.16. The van der Waals surface area contributed by atoms with Crippen LogP contribution in [0.1, 0.15) is 23.2 Å². The number of aryl methyl sites for hydroxylation is 1. The molecule has 0 bridgehead atoms. The molecule has 110 valence electrons. The third-order valence-corrected chi connectivity index (χ3v) is 3.58. The largest absolute Gasteiger partial charge is 0.493 e. The van der Waals surface area contributed by atoms with E-state index in [2.05, 4.69) is 16.4 Å². The van der Waals surface area contributed by atoms with Gasteiger partial charge in [0.25, 0.3) is 0 Å². The quantitative estimate of drug-likeness (QED) is 0.852. The number of nitrogens with two attached hydrogens (primary N) is 1. The lowest BCUT2D eigenvalue weighted by Gasteiger charge is -2.04. The minimum Gasteiger partial charge on any atom is -0.493 e. The molecule has 1 aromatic carbocycles. The molecule has 0 radical (unpaired) electrons. The molecular weight excluding hydrogens is 268 g/mol. The van der Waals surface area contributed by atoms with Crippen LogP contribution in [0.2, 0.25) is 0 Å². The van der Waals surface area contributed by atoms with E-state index >= 15 is 0 Å². The van der Waals surface area contributed by atoms with Crippen LogP contribution < -0.4 is 10.5 Å². The van der Waals surface area contributed by atoms with E-state index in [0.717, 1.165) is 25.2 Å². The molecule has 21 heavy (non-hydrogen) atoms. The number of hydrogen-bond donors (Lipinski definition) is 1. The van der Waals surface area contributed by atoms with Gasteiger partial charge in [-0.15, -0.1) is 5.10 Å². The van der Waals surface area contributed by atoms with Crippen LogP contribution >= 0.6 is 0 Å². The fourth-order valence-electron chi connectivity index (χ4n) is 2.45. The molecular formula is C15H18N4O2. The minimum atomic E-state index is 0.139. The fraction of sp³-hybridized carbons (Fsp3) is 0.400. The summed E-state index contributed by atoms with van der Waals surface area (Å²) >= 11 is 0. The van der Waals surface area contributed by atoms with Crippen LogP contribution in [-0.4, -0.2) is 27.4 Å². The number of nitrogens with zero attached hydrogens (tertiary/aromatic N) is 3. The van der Waals surface area contributed by atoms with Crippen molar-refractivity contribution in [3.05, 3.63) is 41.2 Å². The van der Waals surface area contributed by atoms with Gasteiger partial charge in [0.05, 0.1) is 18.5 Å². The summed E-state index contributed by atoms with van der Waals surface area (Å²) in [5.41, 5.74) is 8.57. The van der Waals surface area contributed by atoms with Gasteiger partial charge in [0.1, 0.15) is 12.3 Å². The first-order valence-corrected chi connectivity index (χ1v) is 7.10. The van der Waals surface area contributed by atoms with E-state index in [4.69, 9.17) is 10.5 Å². The Hall–Kier alpha value is -2.21. The standard InChI is InChI=1S/C15H18N4O2/c16-8-13-9-19(18-17-13)10-14(20)3-1-11-2-4-15-12(7-11)5-6-21-15/h2,4,7,9H,1,3,5-6,8,10,16H2. The minimum absolute atomic E-state index is 0.139. The fourth-order valence-corrected chi connectivity index (χ4v) is 2.45. The molecule has 2 aromatic rings. The Morgan fingerprint density at radius 3 is 3.14 bits per heavy atom. The number of carbonyl (C=O) groups is 1. The Morgan fingerprint density at radius 1 is 1.43 bits per heavy atom. The number of aromatic nitrogens is 3. The summed E-state index contributed by atoms with van der Waals surface area (Å²) < 4.78 is 7.02. The summed E-state index contributed by atoms with van der Waals surface area (Å²) in [4.78, 5) is 12.0. The molecule has 1 aliphatic heterocycles. The van der Waals surface area contributed by atoms with E-state index in [-0.39, 0.29) is 12.3 Å². The Kier molecular flexibility index (Phi) is 3.96. The molecule has 2 N–H and O–H groups in total. The highest BCUT2D eigenvalue weighted by Crippen LogP contribution is 2.26. The molecule has 0 saturated carbocycles. The zero-order chi connectivity index (χ0) is 14.7. The maximum absolute atomic E-state index is 12.0. The maximum Gasteiger partial charge on any atom is 0.154 e. The summed E-state index contributed by atoms with van der Waals surface area (Å²) in [5, 5.41) is 7.75. The van der Waals surface area contributed by atoms with Crippen molar-refractivity contribution < 1.29 is 9.53 Å². The Bertz CT molecular complexity index is 651. The molecule has 0 spiro atoms. The van der Waals surface area contributed by atoms with Gasteiger partial charge in [-0.05, 0) is 23.6 Å². The summed E-state index contributed by atoms with van der Waals surface area (Å²) in [6.45, 7) is 1.35. The van der Waals surface area contributed by atoms with Crippen molar-refractivity contribution in [1.82, 2.24) is 15.0 Å². The number of ether oxygens (including phenoxy) is 1. The zero-order valence-electron chi connectivity index (χ0n) is 11.8. The highest BCUT2D eigenvalue weighted by molar-refractivity contribution is 5.78. The lowest BCUT2D eigenvalue weighted by molar-refractivity contribution is -0.119. The molecule has 0 amide bonds. The average molecular weight is 286 g/mol. The average Bonchev–Trinajstić information content (AvgIpc) is 3.13. The van der Waals surface area contributed by atoms with Crippen molar-refractivity contribution in [2.75, 3.05) is 6.61 Å². The van der Waals surface area contributed by atoms with E-state index < -0.39 is 0 Å². The van der Waals surface area contributed by atoms with Gasteiger partial charge in [-0.25, -0.2) is 4.68 Å². The van der Waals surface area contributed by atoms with Crippen molar-refractivity contribution in [2.24, 2.45) is 5.73 Å². The molecule has 0 fully saturated rings. The number of benzene rings is 1. The van der Waals surface area contributed by atoms with Gasteiger partial charge >= 0.3 is 0 Å². The van der Waals surface area contributed by atoms with E-state index in [1.807, 2.05) is 12.1 Å². The van der Waals surface area contributed by atoms with E-state index in [9.17, 15) is 4.79 Å². The molecule has 6 nitrogen and oxygen atoms in total. The molecule has 3 rings (SSSR count). The third-order valence-electron chi connectivity index (χ3n) is 3.58. The summed E-state index contributed by atoms with van der Waals surface area (Å²) in [7, 11) is 0. The van der Waals surface area contributed by atoms with Crippen molar-refractivity contribution in [3.8, 4) is 5.75 Å². The highest BCUT2D eigenvalue weighted by atomic mass is 16.5. The molecule has 0 unspecified atom stereocenters.